The largest absolute Gasteiger partial charge is 0.418 e. The molecule has 3 heterocycles. The smallest absolute Gasteiger partial charge is 0.352 e. The van der Waals surface area contributed by atoms with Gasteiger partial charge in [-0.1, -0.05) is 30.3 Å². The molecule has 41 heavy (non-hydrogen) atoms. The van der Waals surface area contributed by atoms with Crippen LogP contribution in [0.25, 0.3) is 5.69 Å². The molecule has 5 rings (SSSR count). The zero-order valence-electron chi connectivity index (χ0n) is 22.9. The van der Waals surface area contributed by atoms with Crippen LogP contribution in [0.4, 0.5) is 18.9 Å². The minimum atomic E-state index is -4.51. The Morgan fingerprint density at radius 1 is 1.02 bits per heavy atom. The van der Waals surface area contributed by atoms with Crippen molar-refractivity contribution in [2.75, 3.05) is 11.9 Å². The van der Waals surface area contributed by atoms with Crippen molar-refractivity contribution in [2.24, 2.45) is 0 Å². The van der Waals surface area contributed by atoms with Gasteiger partial charge in [0.2, 0.25) is 5.91 Å². The van der Waals surface area contributed by atoms with Gasteiger partial charge in [0.25, 0.3) is 0 Å². The predicted octanol–water partition coefficient (Wildman–Crippen LogP) is 6.82. The number of aryl methyl sites for hydroxylation is 2. The number of amides is 1. The molecule has 0 saturated carbocycles. The number of rotatable bonds is 7. The Morgan fingerprint density at radius 3 is 2.49 bits per heavy atom. The van der Waals surface area contributed by atoms with Crippen LogP contribution < -0.4 is 10.6 Å². The van der Waals surface area contributed by atoms with Crippen LogP contribution in [0.5, 0.6) is 0 Å². The molecule has 2 N–H and O–H groups in total. The Bertz CT molecular complexity index is 1580. The number of benzene rings is 2. The normalized spacial score (nSPS) is 17.0. The van der Waals surface area contributed by atoms with Crippen LogP contribution in [-0.4, -0.2) is 32.0 Å². The van der Waals surface area contributed by atoms with Gasteiger partial charge in [-0.25, -0.2) is 0 Å². The van der Waals surface area contributed by atoms with Gasteiger partial charge in [0, 0.05) is 36.2 Å². The number of thiocarbonyl (C=S) groups is 1. The predicted molar refractivity (Wildman–Crippen MR) is 157 cm³/mol. The summed E-state index contributed by atoms with van der Waals surface area (Å²) >= 11 is 5.74. The Balaban J connectivity index is 1.51. The summed E-state index contributed by atoms with van der Waals surface area (Å²) < 4.78 is 43.5. The number of hydrogen-bond donors (Lipinski definition) is 2. The molecule has 10 heteroatoms. The number of carbonyl (C=O) groups is 1. The summed E-state index contributed by atoms with van der Waals surface area (Å²) in [6.45, 7) is 5.87. The highest BCUT2D eigenvalue weighted by molar-refractivity contribution is 7.80. The van der Waals surface area contributed by atoms with Crippen molar-refractivity contribution in [2.45, 2.75) is 45.5 Å². The zero-order valence-corrected chi connectivity index (χ0v) is 23.7. The van der Waals surface area contributed by atoms with Gasteiger partial charge in [-0.05, 0) is 86.6 Å². The molecule has 4 aromatic rings. The van der Waals surface area contributed by atoms with E-state index in [1.54, 1.807) is 23.8 Å². The minimum absolute atomic E-state index is 0.0632. The summed E-state index contributed by atoms with van der Waals surface area (Å²) in [7, 11) is 0. The molecule has 0 radical (unpaired) electrons. The molecule has 1 amide bonds. The number of pyridine rings is 1. The first-order chi connectivity index (χ1) is 19.5. The minimum Gasteiger partial charge on any atom is -0.352 e. The lowest BCUT2D eigenvalue weighted by atomic mass is 9.96. The number of nitrogens with zero attached hydrogens (tertiary/aromatic N) is 3. The first-order valence-electron chi connectivity index (χ1n) is 13.2. The van der Waals surface area contributed by atoms with Crippen LogP contribution in [0, 0.1) is 20.8 Å². The first-order valence-corrected chi connectivity index (χ1v) is 13.7. The van der Waals surface area contributed by atoms with Gasteiger partial charge in [-0.2, -0.15) is 13.2 Å². The molecule has 2 aromatic heterocycles. The van der Waals surface area contributed by atoms with Crippen LogP contribution >= 0.6 is 12.2 Å². The average Bonchev–Trinajstić information content (AvgIpc) is 3.41. The Labute approximate surface area is 242 Å². The van der Waals surface area contributed by atoms with Crippen LogP contribution in [0.3, 0.4) is 0 Å². The van der Waals surface area contributed by atoms with Crippen molar-refractivity contribution in [1.82, 2.24) is 19.8 Å². The maximum absolute atomic E-state index is 14.0. The molecule has 1 fully saturated rings. The summed E-state index contributed by atoms with van der Waals surface area (Å²) in [5.41, 5.74) is 3.97. The molecule has 0 aliphatic carbocycles. The first kappa shape index (κ1) is 28.4. The second kappa shape index (κ2) is 11.4. The summed E-state index contributed by atoms with van der Waals surface area (Å²) in [6.07, 6.45) is -2.65. The van der Waals surface area contributed by atoms with E-state index < -0.39 is 17.8 Å². The van der Waals surface area contributed by atoms with E-state index in [2.05, 4.69) is 15.6 Å². The lowest BCUT2D eigenvalue weighted by molar-refractivity contribution is -0.137. The number of anilines is 1. The average molecular weight is 578 g/mol. The number of halogens is 3. The van der Waals surface area contributed by atoms with Crippen molar-refractivity contribution >= 4 is 28.9 Å². The number of para-hydroxylation sites is 1. The van der Waals surface area contributed by atoms with Crippen molar-refractivity contribution in [3.05, 3.63) is 113 Å². The Kier molecular flexibility index (Phi) is 7.86. The quantitative estimate of drug-likeness (QED) is 0.236. The number of hydrogen-bond acceptors (Lipinski definition) is 3. The summed E-state index contributed by atoms with van der Waals surface area (Å²) in [6, 6.07) is 19.9. The van der Waals surface area contributed by atoms with Crippen molar-refractivity contribution in [3.8, 4) is 5.69 Å². The van der Waals surface area contributed by atoms with Crippen LogP contribution in [0.2, 0.25) is 0 Å². The lowest BCUT2D eigenvalue weighted by Gasteiger charge is -2.28. The maximum atomic E-state index is 14.0. The van der Waals surface area contributed by atoms with Gasteiger partial charge in [-0.3, -0.25) is 9.78 Å². The fraction of sp³-hybridized carbons (Fsp3) is 0.258. The maximum Gasteiger partial charge on any atom is 0.418 e. The third-order valence-electron chi connectivity index (χ3n) is 7.32. The van der Waals surface area contributed by atoms with E-state index in [1.807, 2.05) is 67.3 Å². The van der Waals surface area contributed by atoms with Gasteiger partial charge in [-0.15, -0.1) is 0 Å². The second-order valence-corrected chi connectivity index (χ2v) is 10.6. The van der Waals surface area contributed by atoms with E-state index in [1.165, 1.54) is 12.1 Å². The van der Waals surface area contributed by atoms with Gasteiger partial charge in [0.1, 0.15) is 0 Å². The van der Waals surface area contributed by atoms with E-state index in [0.717, 1.165) is 22.9 Å². The lowest BCUT2D eigenvalue weighted by Crippen LogP contribution is -2.33. The highest BCUT2D eigenvalue weighted by Gasteiger charge is 2.42. The fourth-order valence-corrected chi connectivity index (χ4v) is 5.85. The van der Waals surface area contributed by atoms with Crippen LogP contribution in [-0.2, 0) is 11.0 Å². The number of alkyl halides is 3. The molecule has 0 spiro atoms. The third kappa shape index (κ3) is 5.83. The fourth-order valence-electron chi connectivity index (χ4n) is 5.52. The summed E-state index contributed by atoms with van der Waals surface area (Å²) in [4.78, 5) is 19.4. The molecule has 6 nitrogen and oxygen atoms in total. The standard InChI is InChI=1S/C31H30F3N5OS/c1-19-9-8-10-22(17-19)36-27(40)14-16-38-29(28(37-30(38)41)25-12-6-7-15-35-25)23-18-20(2)39(21(23)3)26-13-5-4-11-24(26)31(32,33)34/h4-13,15,17-18,28-29H,14,16H2,1-3H3,(H,36,40)(H,37,41)/t28-,29+/m0/s1. The van der Waals surface area contributed by atoms with Gasteiger partial charge >= 0.3 is 6.18 Å². The molecule has 1 aliphatic heterocycles. The molecule has 1 aliphatic rings. The van der Waals surface area contributed by atoms with E-state index in [9.17, 15) is 18.0 Å². The topological polar surface area (TPSA) is 62.2 Å². The molecular weight excluding hydrogens is 547 g/mol. The third-order valence-corrected chi connectivity index (χ3v) is 7.67. The van der Waals surface area contributed by atoms with Crippen molar-refractivity contribution in [1.29, 1.82) is 0 Å². The van der Waals surface area contributed by atoms with Gasteiger partial charge in [0.05, 0.1) is 29.0 Å². The SMILES string of the molecule is Cc1cccc(NC(=O)CCN2C(=S)N[C@@H](c3ccccn3)[C@H]2c2cc(C)n(-c3ccccc3C(F)(F)F)c2C)c1. The summed E-state index contributed by atoms with van der Waals surface area (Å²) in [5, 5.41) is 6.74. The molecule has 1 saturated heterocycles. The highest BCUT2D eigenvalue weighted by atomic mass is 32.1. The van der Waals surface area contributed by atoms with E-state index in [0.29, 0.717) is 28.7 Å². The highest BCUT2D eigenvalue weighted by Crippen LogP contribution is 2.42. The van der Waals surface area contributed by atoms with E-state index >= 15 is 0 Å². The zero-order chi connectivity index (χ0) is 29.3. The second-order valence-electron chi connectivity index (χ2n) is 10.2. The number of carbonyl (C=O) groups excluding carboxylic acids is 1. The molecule has 2 aromatic carbocycles. The van der Waals surface area contributed by atoms with E-state index in [4.69, 9.17) is 12.2 Å². The van der Waals surface area contributed by atoms with Crippen molar-refractivity contribution < 1.29 is 18.0 Å². The monoisotopic (exact) mass is 577 g/mol. The molecule has 2 atom stereocenters. The van der Waals surface area contributed by atoms with Crippen LogP contribution in [0.15, 0.2) is 79.0 Å². The summed E-state index contributed by atoms with van der Waals surface area (Å²) in [5.74, 6) is -0.164. The van der Waals surface area contributed by atoms with Crippen molar-refractivity contribution in [3.63, 3.8) is 0 Å². The molecule has 0 bridgehead atoms. The molecule has 212 valence electrons. The number of nitrogens with one attached hydrogen (secondary N) is 2. The van der Waals surface area contributed by atoms with Crippen LogP contribution in [0.1, 0.15) is 52.3 Å². The number of aromatic nitrogens is 2. The van der Waals surface area contributed by atoms with Gasteiger partial charge in [0.15, 0.2) is 5.11 Å². The Hall–Kier alpha value is -4.18. The van der Waals surface area contributed by atoms with Gasteiger partial charge < -0.3 is 20.1 Å². The molecular formula is C31H30F3N5OS. The van der Waals surface area contributed by atoms with E-state index in [-0.39, 0.29) is 24.1 Å². The Morgan fingerprint density at radius 2 is 1.78 bits per heavy atom. The molecule has 0 unspecified atom stereocenters.